The van der Waals surface area contributed by atoms with Crippen molar-refractivity contribution in [2.75, 3.05) is 20.6 Å². The molecule has 1 aromatic heterocycles. The quantitative estimate of drug-likeness (QED) is 0.775. The number of benzene rings is 1. The van der Waals surface area contributed by atoms with E-state index in [2.05, 4.69) is 9.88 Å². The predicted octanol–water partition coefficient (Wildman–Crippen LogP) is 4.08. The number of hydrogen-bond acceptors (Lipinski definition) is 2. The maximum atomic E-state index is 13.5. The van der Waals surface area contributed by atoms with E-state index in [9.17, 15) is 4.39 Å². The third-order valence-corrected chi connectivity index (χ3v) is 3.65. The lowest BCUT2D eigenvalue weighted by Gasteiger charge is -2.13. The second-order valence-electron chi connectivity index (χ2n) is 5.15. The van der Waals surface area contributed by atoms with Crippen LogP contribution >= 0.6 is 23.2 Å². The monoisotopic (exact) mass is 317 g/mol. The molecule has 1 heterocycles. The number of fused-ring (bicyclic) bond motifs is 1. The summed E-state index contributed by atoms with van der Waals surface area (Å²) < 4.78 is 15.6. The van der Waals surface area contributed by atoms with Gasteiger partial charge in [0.2, 0.25) is 0 Å². The van der Waals surface area contributed by atoms with Crippen LogP contribution in [-0.2, 0) is 6.54 Å². The van der Waals surface area contributed by atoms with E-state index >= 15 is 0 Å². The van der Waals surface area contributed by atoms with Gasteiger partial charge in [-0.2, -0.15) is 0 Å². The fraction of sp³-hybridized carbons (Fsp3) is 0.500. The Kier molecular flexibility index (Phi) is 4.89. The van der Waals surface area contributed by atoms with Crippen molar-refractivity contribution < 1.29 is 4.39 Å². The van der Waals surface area contributed by atoms with E-state index in [1.54, 1.807) is 6.07 Å². The second-order valence-corrected chi connectivity index (χ2v) is 6.21. The average Bonchev–Trinajstić information content (AvgIpc) is 2.68. The first-order valence-corrected chi connectivity index (χ1v) is 7.35. The zero-order chi connectivity index (χ0) is 14.9. The second kappa shape index (κ2) is 6.29. The molecule has 2 aromatic rings. The van der Waals surface area contributed by atoms with Crippen molar-refractivity contribution >= 4 is 34.2 Å². The minimum Gasteiger partial charge on any atom is -0.327 e. The van der Waals surface area contributed by atoms with Crippen LogP contribution in [-0.4, -0.2) is 35.1 Å². The zero-order valence-electron chi connectivity index (χ0n) is 11.8. The Morgan fingerprint density at radius 3 is 2.70 bits per heavy atom. The lowest BCUT2D eigenvalue weighted by molar-refractivity contribution is 0.386. The summed E-state index contributed by atoms with van der Waals surface area (Å²) in [4.78, 5) is 6.55. The van der Waals surface area contributed by atoms with Gasteiger partial charge in [0.1, 0.15) is 11.6 Å². The summed E-state index contributed by atoms with van der Waals surface area (Å²) in [5.41, 5.74) is 1.43. The fourth-order valence-electron chi connectivity index (χ4n) is 2.22. The summed E-state index contributed by atoms with van der Waals surface area (Å²) in [7, 11) is 4.06. The van der Waals surface area contributed by atoms with Crippen LogP contribution in [0.3, 0.4) is 0 Å². The van der Waals surface area contributed by atoms with Crippen LogP contribution in [0.2, 0.25) is 5.02 Å². The molecule has 2 rings (SSSR count). The number of halogens is 3. The van der Waals surface area contributed by atoms with Gasteiger partial charge in [-0.3, -0.25) is 0 Å². The molecular weight excluding hydrogens is 300 g/mol. The van der Waals surface area contributed by atoms with Crippen LogP contribution in [0.25, 0.3) is 11.0 Å². The molecule has 0 spiro atoms. The Balaban J connectivity index is 2.42. The molecule has 0 aliphatic rings. The molecule has 1 aromatic carbocycles. The normalized spacial score (nSPS) is 13.3. The third kappa shape index (κ3) is 3.25. The van der Waals surface area contributed by atoms with Crippen molar-refractivity contribution in [2.45, 2.75) is 25.3 Å². The average molecular weight is 318 g/mol. The van der Waals surface area contributed by atoms with E-state index in [1.165, 1.54) is 6.07 Å². The molecule has 0 saturated carbocycles. The Hall–Kier alpha value is -0.840. The molecule has 1 atom stereocenters. The molecule has 0 radical (unpaired) electrons. The lowest BCUT2D eigenvalue weighted by Crippen LogP contribution is -2.16. The molecule has 0 amide bonds. The van der Waals surface area contributed by atoms with Gasteiger partial charge in [-0.1, -0.05) is 11.6 Å². The van der Waals surface area contributed by atoms with Crippen molar-refractivity contribution in [3.8, 4) is 0 Å². The van der Waals surface area contributed by atoms with Gasteiger partial charge >= 0.3 is 0 Å². The maximum Gasteiger partial charge on any atom is 0.144 e. The standard InChI is InChI=1S/C14H18Cl2FN3/c1-9(15)14-18-12-8-11(17)10(16)7-13(12)20(14)6-4-5-19(2)3/h7-9H,4-6H2,1-3H3. The Bertz CT molecular complexity index is 608. The van der Waals surface area contributed by atoms with Gasteiger partial charge in [-0.25, -0.2) is 9.37 Å². The number of rotatable bonds is 5. The van der Waals surface area contributed by atoms with Crippen molar-refractivity contribution in [3.05, 3.63) is 28.8 Å². The van der Waals surface area contributed by atoms with Gasteiger partial charge in [0.25, 0.3) is 0 Å². The SMILES string of the molecule is CC(Cl)c1nc2cc(F)c(Cl)cc2n1CCCN(C)C. The summed E-state index contributed by atoms with van der Waals surface area (Å²) in [6.07, 6.45) is 0.962. The van der Waals surface area contributed by atoms with Gasteiger partial charge < -0.3 is 9.47 Å². The van der Waals surface area contributed by atoms with Gasteiger partial charge in [-0.05, 0) is 40.1 Å². The summed E-state index contributed by atoms with van der Waals surface area (Å²) in [5, 5.41) is -0.122. The van der Waals surface area contributed by atoms with Crippen LogP contribution < -0.4 is 0 Å². The van der Waals surface area contributed by atoms with E-state index in [-0.39, 0.29) is 10.4 Å². The van der Waals surface area contributed by atoms with Crippen molar-refractivity contribution in [1.29, 1.82) is 0 Å². The molecule has 0 aliphatic carbocycles. The van der Waals surface area contributed by atoms with Gasteiger partial charge in [0.05, 0.1) is 21.4 Å². The van der Waals surface area contributed by atoms with Crippen LogP contribution in [0, 0.1) is 5.82 Å². The summed E-state index contributed by atoms with van der Waals surface area (Å²) in [6, 6.07) is 2.99. The fourth-order valence-corrected chi connectivity index (χ4v) is 2.55. The Morgan fingerprint density at radius 2 is 2.10 bits per heavy atom. The van der Waals surface area contributed by atoms with Gasteiger partial charge in [0, 0.05) is 12.6 Å². The number of aryl methyl sites for hydroxylation is 1. The van der Waals surface area contributed by atoms with E-state index in [4.69, 9.17) is 23.2 Å². The first-order valence-electron chi connectivity index (χ1n) is 6.54. The minimum absolute atomic E-state index is 0.111. The molecule has 110 valence electrons. The molecule has 0 saturated heterocycles. The van der Waals surface area contributed by atoms with Crippen molar-refractivity contribution in [2.24, 2.45) is 0 Å². The molecule has 3 nitrogen and oxygen atoms in total. The number of alkyl halides is 1. The smallest absolute Gasteiger partial charge is 0.144 e. The molecular formula is C14H18Cl2FN3. The predicted molar refractivity (Wildman–Crippen MR) is 82.1 cm³/mol. The maximum absolute atomic E-state index is 13.5. The summed E-state index contributed by atoms with van der Waals surface area (Å²) in [6.45, 7) is 3.61. The van der Waals surface area contributed by atoms with E-state index in [0.29, 0.717) is 5.52 Å². The van der Waals surface area contributed by atoms with Crippen LogP contribution in [0.5, 0.6) is 0 Å². The molecule has 0 fully saturated rings. The van der Waals surface area contributed by atoms with Crippen molar-refractivity contribution in [1.82, 2.24) is 14.5 Å². The first-order chi connectivity index (χ1) is 9.40. The Labute approximate surface area is 128 Å². The number of imidazole rings is 1. The minimum atomic E-state index is -0.453. The largest absolute Gasteiger partial charge is 0.327 e. The first kappa shape index (κ1) is 15.5. The Morgan fingerprint density at radius 1 is 1.40 bits per heavy atom. The highest BCUT2D eigenvalue weighted by atomic mass is 35.5. The number of hydrogen-bond donors (Lipinski definition) is 0. The molecule has 20 heavy (non-hydrogen) atoms. The third-order valence-electron chi connectivity index (χ3n) is 3.16. The molecule has 0 aliphatic heterocycles. The highest BCUT2D eigenvalue weighted by Crippen LogP contribution is 2.28. The van der Waals surface area contributed by atoms with Crippen LogP contribution in [0.4, 0.5) is 4.39 Å². The van der Waals surface area contributed by atoms with E-state index in [0.717, 1.165) is 30.9 Å². The zero-order valence-corrected chi connectivity index (χ0v) is 13.3. The van der Waals surface area contributed by atoms with Gasteiger partial charge in [-0.15, -0.1) is 11.6 Å². The highest BCUT2D eigenvalue weighted by molar-refractivity contribution is 6.31. The van der Waals surface area contributed by atoms with Crippen LogP contribution in [0.15, 0.2) is 12.1 Å². The lowest BCUT2D eigenvalue weighted by atomic mass is 10.3. The molecule has 0 bridgehead atoms. The van der Waals surface area contributed by atoms with E-state index in [1.807, 2.05) is 25.6 Å². The molecule has 0 N–H and O–H groups in total. The number of aromatic nitrogens is 2. The topological polar surface area (TPSA) is 21.1 Å². The molecule has 1 unspecified atom stereocenters. The number of nitrogens with zero attached hydrogens (tertiary/aromatic N) is 3. The summed E-state index contributed by atoms with van der Waals surface area (Å²) >= 11 is 12.1. The highest BCUT2D eigenvalue weighted by Gasteiger charge is 2.16. The summed E-state index contributed by atoms with van der Waals surface area (Å²) in [5.74, 6) is 0.299. The van der Waals surface area contributed by atoms with E-state index < -0.39 is 5.82 Å². The van der Waals surface area contributed by atoms with Gasteiger partial charge in [0.15, 0.2) is 0 Å². The molecule has 6 heteroatoms. The van der Waals surface area contributed by atoms with Crippen LogP contribution in [0.1, 0.15) is 24.5 Å². The van der Waals surface area contributed by atoms with Crippen molar-refractivity contribution in [3.63, 3.8) is 0 Å².